The van der Waals surface area contributed by atoms with Crippen molar-refractivity contribution in [2.24, 2.45) is 0 Å². The molecule has 0 amide bonds. The Kier molecular flexibility index (Phi) is 43.1. The van der Waals surface area contributed by atoms with Gasteiger partial charge in [-0.05, 0) is 0 Å². The number of aliphatic hydroxyl groups is 16. The maximum atomic E-state index is 8.55. The third kappa shape index (κ3) is 27.8. The highest BCUT2D eigenvalue weighted by Crippen LogP contribution is 2.56. The van der Waals surface area contributed by atoms with Gasteiger partial charge in [0.2, 0.25) is 0 Å². The van der Waals surface area contributed by atoms with Crippen molar-refractivity contribution in [3.63, 3.8) is 0 Å². The van der Waals surface area contributed by atoms with Crippen molar-refractivity contribution < 1.29 is 113 Å². The minimum Gasteiger partial charge on any atom is -1.00 e. The molecule has 20 nitrogen and oxygen atoms in total. The molecule has 0 aliphatic heterocycles. The molecule has 42 heavy (non-hydrogen) atoms. The first-order valence-electron chi connectivity index (χ1n) is 10.8. The Morgan fingerprint density at radius 3 is 0.357 bits per heavy atom. The van der Waals surface area contributed by atoms with Crippen molar-refractivity contribution in [2.45, 2.75) is 0 Å². The average molecular weight is 751 g/mol. The van der Waals surface area contributed by atoms with Crippen LogP contribution < -0.4 is 27.1 Å². The van der Waals surface area contributed by atoms with Crippen LogP contribution in [-0.2, 0) is 4.57 Å². The minimum absolute atomic E-state index is 0. The van der Waals surface area contributed by atoms with Crippen LogP contribution in [0.25, 0.3) is 0 Å². The number of hydrogen-bond donors (Lipinski definition) is 16. The van der Waals surface area contributed by atoms with E-state index in [0.717, 1.165) is 0 Å². The third-order valence-electron chi connectivity index (χ3n) is 4.80. The van der Waals surface area contributed by atoms with Crippen LogP contribution in [0.3, 0.4) is 0 Å². The van der Waals surface area contributed by atoms with Crippen LogP contribution in [0.2, 0.25) is 0 Å². The normalized spacial score (nSPS) is 11.7. The highest BCUT2D eigenvalue weighted by atomic mass is 35.5. The molecule has 0 aliphatic carbocycles. The van der Waals surface area contributed by atoms with Gasteiger partial charge in [0.1, 0.15) is 29.0 Å². The molecule has 0 rings (SSSR count). The van der Waals surface area contributed by atoms with Crippen molar-refractivity contribution in [1.29, 1.82) is 0 Å². The Morgan fingerprint density at radius 2 is 0.357 bits per heavy atom. The van der Waals surface area contributed by atoms with Gasteiger partial charge in [0.05, 0.1) is 0 Å². The molecule has 264 valence electrons. The van der Waals surface area contributed by atoms with Crippen LogP contribution in [0.1, 0.15) is 0 Å². The molecule has 0 aromatic carbocycles. The molecule has 0 atom stereocenters. The Morgan fingerprint density at radius 1 is 0.310 bits per heavy atom. The van der Waals surface area contributed by atoms with Gasteiger partial charge in [-0.15, -0.1) is 0 Å². The fourth-order valence-electron chi connectivity index (χ4n) is 1.07. The Balaban J connectivity index is -0.0000000970. The molecular formula is C16H48ClO20P5. The molecular weight excluding hydrogens is 702 g/mol. The van der Waals surface area contributed by atoms with Gasteiger partial charge in [-0.1, -0.05) is 0 Å². The van der Waals surface area contributed by atoms with Gasteiger partial charge in [-0.2, -0.15) is 7.82 Å². The van der Waals surface area contributed by atoms with E-state index < -0.39 is 36.9 Å². The summed E-state index contributed by atoms with van der Waals surface area (Å²) in [6, 6.07) is 0. The summed E-state index contributed by atoms with van der Waals surface area (Å²) in [6.07, 6.45) is -4.72. The van der Waals surface area contributed by atoms with Crippen LogP contribution in [0.4, 0.5) is 0 Å². The predicted octanol–water partition coefficient (Wildman–Crippen LogP) is -10.6. The number of hydrogen-bond acceptors (Lipinski definition) is 20. The van der Waals surface area contributed by atoms with Gasteiger partial charge < -0.3 is 113 Å². The molecule has 0 aliphatic rings. The molecule has 0 unspecified atom stereocenters. The standard InChI is InChI=1S/4C4H12O4P.ClH.H3O4P/c4*5-1-9(2-6,3-7)4-8;;1-5(2,3)4/h4*5-8H,1-4H2;1H;(H3,1,2,3,4)/q4*+1;;/p-4. The zero-order valence-corrected chi connectivity index (χ0v) is 27.9. The molecule has 26 heteroatoms. The first-order valence-corrected chi connectivity index (χ1v) is 22.4. The summed E-state index contributed by atoms with van der Waals surface area (Å²) in [4.78, 5) is 25.6. The number of phosphoric acid groups is 1. The SMILES string of the molecule is O=P([O-])([O-])[O-].OC[P+](CO)(CO)CO.OC[P+](CO)(CO)CO.OC[P+](CO)(CO)CO.OC[P+](CO)(CO)CO.[Cl-]. The second kappa shape index (κ2) is 32.4. The lowest BCUT2D eigenvalue weighted by Gasteiger charge is -2.36. The fourth-order valence-corrected chi connectivity index (χ4v) is 3.22. The summed E-state index contributed by atoms with van der Waals surface area (Å²) in [5.41, 5.74) is 0. The Hall–Kier alpha value is 1.48. The molecule has 0 radical (unpaired) electrons. The summed E-state index contributed by atoms with van der Waals surface area (Å²) in [5.74, 6) is 0. The van der Waals surface area contributed by atoms with E-state index in [0.29, 0.717) is 0 Å². The fraction of sp³-hybridized carbons (Fsp3) is 1.00. The quantitative estimate of drug-likeness (QED) is 0.0651. The monoisotopic (exact) mass is 750 g/mol. The van der Waals surface area contributed by atoms with Crippen LogP contribution in [0.5, 0.6) is 0 Å². The van der Waals surface area contributed by atoms with E-state index in [9.17, 15) is 0 Å². The summed E-state index contributed by atoms with van der Waals surface area (Å²) in [7, 11) is -14.2. The molecule has 0 bridgehead atoms. The molecule has 0 saturated heterocycles. The van der Waals surface area contributed by atoms with Gasteiger partial charge in [-0.25, -0.2) is 0 Å². The topological polar surface area (TPSA) is 410 Å². The molecule has 0 heterocycles. The van der Waals surface area contributed by atoms with Gasteiger partial charge in [0.15, 0.2) is 102 Å². The predicted molar refractivity (Wildman–Crippen MR) is 149 cm³/mol. The van der Waals surface area contributed by atoms with Crippen LogP contribution >= 0.6 is 36.9 Å². The first-order chi connectivity index (χ1) is 19.0. The third-order valence-corrected chi connectivity index (χ3v) is 14.4. The number of rotatable bonds is 16. The van der Waals surface area contributed by atoms with E-state index >= 15 is 0 Å². The Labute approximate surface area is 251 Å². The van der Waals surface area contributed by atoms with E-state index in [1.165, 1.54) is 0 Å². The van der Waals surface area contributed by atoms with Crippen LogP contribution in [-0.4, -0.2) is 183 Å². The molecule has 16 N–H and O–H groups in total. The van der Waals surface area contributed by atoms with Crippen molar-refractivity contribution in [3.8, 4) is 0 Å². The second-order valence-electron chi connectivity index (χ2n) is 8.08. The van der Waals surface area contributed by atoms with Crippen molar-refractivity contribution in [3.05, 3.63) is 0 Å². The summed E-state index contributed by atoms with van der Waals surface area (Å²) >= 11 is 0. The lowest BCUT2D eigenvalue weighted by atomic mass is 11.6. The van der Waals surface area contributed by atoms with E-state index in [1.807, 2.05) is 0 Å². The maximum Gasteiger partial charge on any atom is 0.161 e. The zero-order valence-electron chi connectivity index (χ0n) is 22.7. The Bertz CT molecular complexity index is 435. The van der Waals surface area contributed by atoms with E-state index in [-0.39, 0.29) is 114 Å². The van der Waals surface area contributed by atoms with Gasteiger partial charge in [0.25, 0.3) is 0 Å². The highest BCUT2D eigenvalue weighted by Gasteiger charge is 2.36. The van der Waals surface area contributed by atoms with Gasteiger partial charge >= 0.3 is 0 Å². The molecule has 0 spiro atoms. The van der Waals surface area contributed by atoms with Gasteiger partial charge in [0, 0.05) is 0 Å². The van der Waals surface area contributed by atoms with E-state index in [2.05, 4.69) is 0 Å². The van der Waals surface area contributed by atoms with Crippen molar-refractivity contribution in [1.82, 2.24) is 0 Å². The number of halogens is 1. The molecule has 0 saturated carbocycles. The lowest BCUT2D eigenvalue weighted by Crippen LogP contribution is -3.00. The minimum atomic E-state index is -5.39. The second-order valence-corrected chi connectivity index (χ2v) is 24.2. The largest absolute Gasteiger partial charge is 1.00 e. The number of aliphatic hydroxyl groups excluding tert-OH is 16. The first kappa shape index (κ1) is 55.9. The van der Waals surface area contributed by atoms with E-state index in [4.69, 9.17) is 101 Å². The smallest absolute Gasteiger partial charge is 0.161 e. The average Bonchev–Trinajstić information content (AvgIpc) is 2.99. The molecule has 0 aromatic heterocycles. The molecule has 0 aromatic rings. The van der Waals surface area contributed by atoms with E-state index in [1.54, 1.807) is 0 Å². The zero-order chi connectivity index (χ0) is 33.8. The van der Waals surface area contributed by atoms with Gasteiger partial charge in [-0.3, -0.25) is 0 Å². The van der Waals surface area contributed by atoms with Crippen LogP contribution in [0, 0.1) is 0 Å². The highest BCUT2D eigenvalue weighted by molar-refractivity contribution is 7.76. The lowest BCUT2D eigenvalue weighted by molar-refractivity contribution is -0.432. The van der Waals surface area contributed by atoms with Crippen molar-refractivity contribution >= 4 is 36.9 Å². The summed E-state index contributed by atoms with van der Waals surface area (Å²) in [5, 5.41) is 137. The summed E-state index contributed by atoms with van der Waals surface area (Å²) < 4.78 is 8.55. The summed E-state index contributed by atoms with van der Waals surface area (Å²) in [6.45, 7) is 0. The maximum absolute atomic E-state index is 8.55. The molecule has 0 fully saturated rings. The van der Waals surface area contributed by atoms with Crippen LogP contribution in [0.15, 0.2) is 0 Å². The van der Waals surface area contributed by atoms with Crippen molar-refractivity contribution in [2.75, 3.05) is 102 Å².